The molecule has 4 nitrogen and oxygen atoms in total. The summed E-state index contributed by atoms with van der Waals surface area (Å²) in [6.07, 6.45) is 6.02. The van der Waals surface area contributed by atoms with Crippen LogP contribution in [0.25, 0.3) is 0 Å². The highest BCUT2D eigenvalue weighted by Crippen LogP contribution is 2.29. The summed E-state index contributed by atoms with van der Waals surface area (Å²) in [5.41, 5.74) is 5.43. The van der Waals surface area contributed by atoms with Crippen molar-refractivity contribution in [3.05, 3.63) is 0 Å². The van der Waals surface area contributed by atoms with Crippen molar-refractivity contribution in [2.45, 2.75) is 51.1 Å². The fourth-order valence-corrected chi connectivity index (χ4v) is 2.20. The molecule has 2 aliphatic carbocycles. The van der Waals surface area contributed by atoms with Crippen LogP contribution in [-0.4, -0.2) is 42.5 Å². The average molecular weight is 239 g/mol. The monoisotopic (exact) mass is 239 g/mol. The van der Waals surface area contributed by atoms with Crippen molar-refractivity contribution in [2.75, 3.05) is 19.6 Å². The Hall–Kier alpha value is -0.610. The van der Waals surface area contributed by atoms with E-state index >= 15 is 0 Å². The first-order chi connectivity index (χ1) is 8.19. The first-order valence-corrected chi connectivity index (χ1v) is 6.96. The van der Waals surface area contributed by atoms with Gasteiger partial charge in [0.15, 0.2) is 0 Å². The van der Waals surface area contributed by atoms with Crippen molar-refractivity contribution in [3.63, 3.8) is 0 Å². The van der Waals surface area contributed by atoms with Gasteiger partial charge in [-0.1, -0.05) is 6.92 Å². The molecule has 0 saturated heterocycles. The number of carbonyl (C=O) groups is 1. The summed E-state index contributed by atoms with van der Waals surface area (Å²) in [7, 11) is 0. The van der Waals surface area contributed by atoms with E-state index in [4.69, 9.17) is 5.73 Å². The number of primary amides is 1. The van der Waals surface area contributed by atoms with E-state index in [0.29, 0.717) is 6.04 Å². The molecule has 0 aromatic heterocycles. The summed E-state index contributed by atoms with van der Waals surface area (Å²) < 4.78 is 0. The summed E-state index contributed by atoms with van der Waals surface area (Å²) in [6.45, 7) is 5.45. The number of nitrogens with one attached hydrogen (secondary N) is 1. The molecule has 0 aliphatic heterocycles. The van der Waals surface area contributed by atoms with Gasteiger partial charge in [-0.3, -0.25) is 4.79 Å². The van der Waals surface area contributed by atoms with Crippen LogP contribution in [0.1, 0.15) is 39.0 Å². The van der Waals surface area contributed by atoms with Crippen molar-refractivity contribution in [2.24, 2.45) is 11.7 Å². The molecule has 1 unspecified atom stereocenters. The zero-order valence-corrected chi connectivity index (χ0v) is 10.8. The van der Waals surface area contributed by atoms with Gasteiger partial charge in [-0.15, -0.1) is 0 Å². The molecule has 1 atom stereocenters. The lowest BCUT2D eigenvalue weighted by molar-refractivity contribution is -0.120. The van der Waals surface area contributed by atoms with Crippen molar-refractivity contribution in [1.82, 2.24) is 10.2 Å². The Morgan fingerprint density at radius 2 is 2.12 bits per heavy atom. The molecule has 2 fully saturated rings. The Kier molecular flexibility index (Phi) is 4.40. The second-order valence-electron chi connectivity index (χ2n) is 5.52. The molecule has 0 bridgehead atoms. The van der Waals surface area contributed by atoms with Gasteiger partial charge in [0.05, 0.1) is 6.04 Å². The van der Waals surface area contributed by atoms with Gasteiger partial charge in [0, 0.05) is 19.1 Å². The highest BCUT2D eigenvalue weighted by molar-refractivity contribution is 5.79. The van der Waals surface area contributed by atoms with Crippen LogP contribution in [0.5, 0.6) is 0 Å². The Bertz CT molecular complexity index is 261. The molecule has 0 heterocycles. The van der Waals surface area contributed by atoms with Crippen LogP contribution < -0.4 is 11.1 Å². The van der Waals surface area contributed by atoms with E-state index in [1.165, 1.54) is 32.2 Å². The van der Waals surface area contributed by atoms with Crippen molar-refractivity contribution < 1.29 is 4.79 Å². The lowest BCUT2D eigenvalue weighted by atomic mass is 10.1. The molecule has 17 heavy (non-hydrogen) atoms. The predicted molar refractivity (Wildman–Crippen MR) is 68.6 cm³/mol. The average Bonchev–Trinajstić information content (AvgIpc) is 3.15. The molecule has 1 amide bonds. The first-order valence-electron chi connectivity index (χ1n) is 6.96. The summed E-state index contributed by atoms with van der Waals surface area (Å²) in [6, 6.07) is 0.418. The highest BCUT2D eigenvalue weighted by atomic mass is 16.1. The number of carbonyl (C=O) groups excluding carboxylic acids is 1. The minimum absolute atomic E-state index is 0.129. The first kappa shape index (κ1) is 12.8. The number of nitrogens with two attached hydrogens (primary N) is 1. The molecule has 98 valence electrons. The molecule has 2 saturated carbocycles. The number of nitrogens with zero attached hydrogens (tertiary/aromatic N) is 1. The van der Waals surface area contributed by atoms with Crippen LogP contribution in [0, 0.1) is 5.92 Å². The zero-order valence-electron chi connectivity index (χ0n) is 10.8. The van der Waals surface area contributed by atoms with E-state index in [1.54, 1.807) is 0 Å². The molecule has 3 N–H and O–H groups in total. The van der Waals surface area contributed by atoms with Crippen LogP contribution in [0.3, 0.4) is 0 Å². The fourth-order valence-electron chi connectivity index (χ4n) is 2.20. The van der Waals surface area contributed by atoms with E-state index in [2.05, 4.69) is 17.1 Å². The van der Waals surface area contributed by atoms with Gasteiger partial charge >= 0.3 is 0 Å². The zero-order chi connectivity index (χ0) is 12.3. The third-order valence-electron chi connectivity index (χ3n) is 3.75. The maximum atomic E-state index is 11.3. The largest absolute Gasteiger partial charge is 0.368 e. The maximum Gasteiger partial charge on any atom is 0.234 e. The van der Waals surface area contributed by atoms with E-state index in [1.807, 2.05) is 0 Å². The smallest absolute Gasteiger partial charge is 0.234 e. The van der Waals surface area contributed by atoms with Crippen LogP contribution in [0.15, 0.2) is 0 Å². The molecule has 2 rings (SSSR count). The molecular formula is C13H25N3O. The number of hydrogen-bond donors (Lipinski definition) is 2. The lowest BCUT2D eigenvalue weighted by Gasteiger charge is -2.23. The van der Waals surface area contributed by atoms with Gasteiger partial charge in [0.25, 0.3) is 0 Å². The van der Waals surface area contributed by atoms with Gasteiger partial charge in [0.2, 0.25) is 5.91 Å². The van der Waals surface area contributed by atoms with E-state index in [0.717, 1.165) is 25.4 Å². The van der Waals surface area contributed by atoms with Gasteiger partial charge in [-0.2, -0.15) is 0 Å². The Morgan fingerprint density at radius 3 is 2.59 bits per heavy atom. The van der Waals surface area contributed by atoms with Gasteiger partial charge in [-0.25, -0.2) is 0 Å². The normalized spacial score (nSPS) is 21.8. The predicted octanol–water partition coefficient (Wildman–Crippen LogP) is 0.714. The maximum absolute atomic E-state index is 11.3. The molecule has 2 aliphatic rings. The summed E-state index contributed by atoms with van der Waals surface area (Å²) in [5.74, 6) is 0.720. The molecule has 4 heteroatoms. The Labute approximate surface area is 104 Å². The second-order valence-corrected chi connectivity index (χ2v) is 5.52. The summed E-state index contributed by atoms with van der Waals surface area (Å²) >= 11 is 0. The van der Waals surface area contributed by atoms with Crippen molar-refractivity contribution in [3.8, 4) is 0 Å². The summed E-state index contributed by atoms with van der Waals surface area (Å²) in [5, 5.41) is 3.34. The van der Waals surface area contributed by atoms with E-state index in [-0.39, 0.29) is 11.9 Å². The van der Waals surface area contributed by atoms with Gasteiger partial charge < -0.3 is 16.0 Å². The molecule has 0 spiro atoms. The molecule has 0 radical (unpaired) electrons. The molecule has 0 aromatic carbocycles. The van der Waals surface area contributed by atoms with Crippen LogP contribution in [-0.2, 0) is 4.79 Å². The van der Waals surface area contributed by atoms with Crippen molar-refractivity contribution >= 4 is 5.91 Å². The molecule has 0 aromatic rings. The van der Waals surface area contributed by atoms with Gasteiger partial charge in [-0.05, 0) is 44.6 Å². The SMILES string of the molecule is CCN(CCC(NC1CC1)C(N)=O)CC1CC1. The Balaban J connectivity index is 1.69. The number of amides is 1. The van der Waals surface area contributed by atoms with Crippen LogP contribution >= 0.6 is 0 Å². The molecular weight excluding hydrogens is 214 g/mol. The topological polar surface area (TPSA) is 58.4 Å². The quantitative estimate of drug-likeness (QED) is 0.623. The highest BCUT2D eigenvalue weighted by Gasteiger charge is 2.28. The van der Waals surface area contributed by atoms with E-state index < -0.39 is 0 Å². The van der Waals surface area contributed by atoms with Crippen LogP contribution in [0.4, 0.5) is 0 Å². The minimum atomic E-state index is -0.195. The van der Waals surface area contributed by atoms with Crippen molar-refractivity contribution in [1.29, 1.82) is 0 Å². The van der Waals surface area contributed by atoms with Gasteiger partial charge in [0.1, 0.15) is 0 Å². The number of hydrogen-bond acceptors (Lipinski definition) is 3. The third kappa shape index (κ3) is 4.64. The second kappa shape index (κ2) is 5.83. The van der Waals surface area contributed by atoms with Crippen LogP contribution in [0.2, 0.25) is 0 Å². The standard InChI is InChI=1S/C13H25N3O/c1-2-16(9-10-3-4-10)8-7-12(13(14)17)15-11-5-6-11/h10-12,15H,2-9H2,1H3,(H2,14,17). The third-order valence-corrected chi connectivity index (χ3v) is 3.75. The fraction of sp³-hybridized carbons (Fsp3) is 0.923. The Morgan fingerprint density at radius 1 is 1.41 bits per heavy atom. The summed E-state index contributed by atoms with van der Waals surface area (Å²) in [4.78, 5) is 13.8. The minimum Gasteiger partial charge on any atom is -0.368 e. The van der Waals surface area contributed by atoms with E-state index in [9.17, 15) is 4.79 Å². The number of rotatable bonds is 9. The lowest BCUT2D eigenvalue weighted by Crippen LogP contribution is -2.44.